The Morgan fingerprint density at radius 3 is 2.74 bits per heavy atom. The van der Waals surface area contributed by atoms with E-state index >= 15 is 0 Å². The molecule has 0 bridgehead atoms. The minimum absolute atomic E-state index is 0.125. The van der Waals surface area contributed by atoms with Gasteiger partial charge in [0.25, 0.3) is 0 Å². The van der Waals surface area contributed by atoms with E-state index in [1.165, 1.54) is 7.11 Å². The quantitative estimate of drug-likeness (QED) is 0.761. The van der Waals surface area contributed by atoms with E-state index < -0.39 is 0 Å². The lowest BCUT2D eigenvalue weighted by Crippen LogP contribution is -2.25. The Bertz CT molecular complexity index is 478. The van der Waals surface area contributed by atoms with E-state index in [0.29, 0.717) is 18.4 Å². The molecule has 2 unspecified atom stereocenters. The topological polar surface area (TPSA) is 64.5 Å². The van der Waals surface area contributed by atoms with Crippen molar-refractivity contribution < 1.29 is 14.3 Å². The molecule has 1 fully saturated rings. The highest BCUT2D eigenvalue weighted by Crippen LogP contribution is 2.27. The lowest BCUT2D eigenvalue weighted by Gasteiger charge is -2.16. The van der Waals surface area contributed by atoms with Crippen molar-refractivity contribution in [2.24, 2.45) is 11.8 Å². The second-order valence-corrected chi connectivity index (χ2v) is 4.86. The summed E-state index contributed by atoms with van der Waals surface area (Å²) in [5.41, 5.74) is 0.844. The van der Waals surface area contributed by atoms with Crippen molar-refractivity contribution in [2.45, 2.75) is 13.8 Å². The van der Waals surface area contributed by atoms with Crippen molar-refractivity contribution in [3.63, 3.8) is 0 Å². The number of hydrogen-bond donors (Lipinski definition) is 0. The summed E-state index contributed by atoms with van der Waals surface area (Å²) in [5, 5.41) is 0. The number of hydrogen-bond acceptors (Lipinski definition) is 6. The minimum atomic E-state index is -0.172. The third kappa shape index (κ3) is 2.77. The summed E-state index contributed by atoms with van der Waals surface area (Å²) in [4.78, 5) is 22.4. The van der Waals surface area contributed by atoms with Crippen LogP contribution in [0.15, 0.2) is 6.07 Å². The minimum Gasteiger partial charge on any atom is -0.481 e. The van der Waals surface area contributed by atoms with Crippen molar-refractivity contribution in [3.8, 4) is 5.88 Å². The summed E-state index contributed by atoms with van der Waals surface area (Å²) in [6.45, 7) is 5.26. The smallest absolute Gasteiger partial charge is 0.310 e. The highest BCUT2D eigenvalue weighted by molar-refractivity contribution is 5.74. The Labute approximate surface area is 112 Å². The van der Waals surface area contributed by atoms with Gasteiger partial charge < -0.3 is 14.4 Å². The van der Waals surface area contributed by atoms with E-state index in [-0.39, 0.29) is 17.8 Å². The fourth-order valence-corrected chi connectivity index (χ4v) is 2.36. The van der Waals surface area contributed by atoms with Crippen molar-refractivity contribution >= 4 is 11.9 Å². The number of methoxy groups -OCH3 is 2. The number of anilines is 1. The number of carbonyl (C=O) groups is 1. The van der Waals surface area contributed by atoms with Gasteiger partial charge in [0.15, 0.2) is 0 Å². The molecular weight excluding hydrogens is 246 g/mol. The standard InChI is InChI=1S/C13H19N3O3/c1-8-6-16(7-10(8)12(17)19-4)13-14-9(2)5-11(15-13)18-3/h5,8,10H,6-7H2,1-4H3. The second-order valence-electron chi connectivity index (χ2n) is 4.86. The molecule has 0 radical (unpaired) electrons. The van der Waals surface area contributed by atoms with E-state index in [1.54, 1.807) is 13.2 Å². The highest BCUT2D eigenvalue weighted by Gasteiger charge is 2.36. The maximum atomic E-state index is 11.7. The summed E-state index contributed by atoms with van der Waals surface area (Å²) < 4.78 is 9.97. The van der Waals surface area contributed by atoms with E-state index in [2.05, 4.69) is 9.97 Å². The van der Waals surface area contributed by atoms with Gasteiger partial charge in [-0.25, -0.2) is 4.98 Å². The lowest BCUT2D eigenvalue weighted by molar-refractivity contribution is -0.145. The van der Waals surface area contributed by atoms with Crippen LogP contribution < -0.4 is 9.64 Å². The average Bonchev–Trinajstić information content (AvgIpc) is 2.79. The van der Waals surface area contributed by atoms with Gasteiger partial charge in [0, 0.05) is 24.8 Å². The predicted molar refractivity (Wildman–Crippen MR) is 70.2 cm³/mol. The SMILES string of the molecule is COC(=O)C1CN(c2nc(C)cc(OC)n2)CC1C. The van der Waals surface area contributed by atoms with Gasteiger partial charge in [0.05, 0.1) is 20.1 Å². The largest absolute Gasteiger partial charge is 0.481 e. The van der Waals surface area contributed by atoms with Crippen LogP contribution in [-0.2, 0) is 9.53 Å². The Morgan fingerprint density at radius 2 is 2.11 bits per heavy atom. The molecule has 19 heavy (non-hydrogen) atoms. The molecule has 0 amide bonds. The zero-order valence-electron chi connectivity index (χ0n) is 11.7. The van der Waals surface area contributed by atoms with Crippen molar-refractivity contribution in [1.82, 2.24) is 9.97 Å². The first-order chi connectivity index (χ1) is 9.05. The van der Waals surface area contributed by atoms with Crippen LogP contribution in [0.1, 0.15) is 12.6 Å². The Kier molecular flexibility index (Phi) is 3.87. The number of ether oxygens (including phenoxy) is 2. The number of carbonyl (C=O) groups excluding carboxylic acids is 1. The monoisotopic (exact) mass is 265 g/mol. The van der Waals surface area contributed by atoms with Gasteiger partial charge in [-0.1, -0.05) is 6.92 Å². The molecule has 0 saturated carbocycles. The molecule has 104 valence electrons. The fourth-order valence-electron chi connectivity index (χ4n) is 2.36. The van der Waals surface area contributed by atoms with Crippen LogP contribution in [0.5, 0.6) is 5.88 Å². The highest BCUT2D eigenvalue weighted by atomic mass is 16.5. The molecule has 6 nitrogen and oxygen atoms in total. The van der Waals surface area contributed by atoms with Crippen molar-refractivity contribution in [1.29, 1.82) is 0 Å². The number of aromatic nitrogens is 2. The Morgan fingerprint density at radius 1 is 1.37 bits per heavy atom. The Hall–Kier alpha value is -1.85. The molecule has 2 atom stereocenters. The molecule has 1 aliphatic rings. The molecule has 2 heterocycles. The number of aryl methyl sites for hydroxylation is 1. The summed E-state index contributed by atoms with van der Waals surface area (Å²) >= 11 is 0. The molecule has 1 aromatic rings. The molecule has 6 heteroatoms. The molecule has 1 aliphatic heterocycles. The van der Waals surface area contributed by atoms with Crippen LogP contribution in [0.3, 0.4) is 0 Å². The van der Waals surface area contributed by atoms with Gasteiger partial charge in [-0.3, -0.25) is 4.79 Å². The first kappa shape index (κ1) is 13.6. The first-order valence-electron chi connectivity index (χ1n) is 6.27. The van der Waals surface area contributed by atoms with Gasteiger partial charge in [0.1, 0.15) is 0 Å². The van der Waals surface area contributed by atoms with Gasteiger partial charge in [-0.15, -0.1) is 0 Å². The summed E-state index contributed by atoms with van der Waals surface area (Å²) in [5.74, 6) is 1.07. The maximum absolute atomic E-state index is 11.7. The zero-order valence-corrected chi connectivity index (χ0v) is 11.7. The molecular formula is C13H19N3O3. The van der Waals surface area contributed by atoms with Gasteiger partial charge in [0.2, 0.25) is 11.8 Å². The Balaban J connectivity index is 2.20. The van der Waals surface area contributed by atoms with Crippen LogP contribution in [0.25, 0.3) is 0 Å². The third-order valence-electron chi connectivity index (χ3n) is 3.43. The van der Waals surface area contributed by atoms with Crippen molar-refractivity contribution in [3.05, 3.63) is 11.8 Å². The molecule has 0 N–H and O–H groups in total. The van der Waals surface area contributed by atoms with Crippen LogP contribution in [0, 0.1) is 18.8 Å². The van der Waals surface area contributed by atoms with Crippen LogP contribution in [-0.4, -0.2) is 43.2 Å². The van der Waals surface area contributed by atoms with Crippen LogP contribution in [0.4, 0.5) is 5.95 Å². The predicted octanol–water partition coefficient (Wildman–Crippen LogP) is 1.04. The van der Waals surface area contributed by atoms with Crippen molar-refractivity contribution in [2.75, 3.05) is 32.2 Å². The second kappa shape index (κ2) is 5.42. The maximum Gasteiger partial charge on any atom is 0.310 e. The van der Waals surface area contributed by atoms with E-state index in [0.717, 1.165) is 12.2 Å². The summed E-state index contributed by atoms with van der Waals surface area (Å²) in [7, 11) is 3.00. The van der Waals surface area contributed by atoms with Gasteiger partial charge in [-0.05, 0) is 12.8 Å². The molecule has 0 aromatic carbocycles. The molecule has 2 rings (SSSR count). The van der Waals surface area contributed by atoms with E-state index in [1.807, 2.05) is 18.7 Å². The van der Waals surface area contributed by atoms with Crippen LogP contribution >= 0.6 is 0 Å². The zero-order chi connectivity index (χ0) is 14.0. The molecule has 1 saturated heterocycles. The molecule has 0 spiro atoms. The average molecular weight is 265 g/mol. The number of esters is 1. The molecule has 0 aliphatic carbocycles. The van der Waals surface area contributed by atoms with E-state index in [4.69, 9.17) is 9.47 Å². The molecule has 1 aromatic heterocycles. The lowest BCUT2D eigenvalue weighted by atomic mass is 9.99. The van der Waals surface area contributed by atoms with E-state index in [9.17, 15) is 4.79 Å². The summed E-state index contributed by atoms with van der Waals surface area (Å²) in [6.07, 6.45) is 0. The number of nitrogens with zero attached hydrogens (tertiary/aromatic N) is 3. The van der Waals surface area contributed by atoms with Crippen LogP contribution in [0.2, 0.25) is 0 Å². The van der Waals surface area contributed by atoms with Gasteiger partial charge >= 0.3 is 5.97 Å². The summed E-state index contributed by atoms with van der Waals surface area (Å²) in [6, 6.07) is 1.78. The first-order valence-corrected chi connectivity index (χ1v) is 6.27. The number of rotatable bonds is 3. The fraction of sp³-hybridized carbons (Fsp3) is 0.615. The normalized spacial score (nSPS) is 22.4. The van der Waals surface area contributed by atoms with Gasteiger partial charge in [-0.2, -0.15) is 4.98 Å². The third-order valence-corrected chi connectivity index (χ3v) is 3.43.